The molecule has 0 aromatic carbocycles. The van der Waals surface area contributed by atoms with Crippen LogP contribution in [0.25, 0.3) is 0 Å². The van der Waals surface area contributed by atoms with E-state index in [9.17, 15) is 0 Å². The van der Waals surface area contributed by atoms with E-state index in [1.54, 1.807) is 7.11 Å². The molecule has 0 unspecified atom stereocenters. The van der Waals surface area contributed by atoms with Crippen molar-refractivity contribution in [2.75, 3.05) is 13.7 Å². The average Bonchev–Trinajstić information content (AvgIpc) is 2.77. The molecular formula is C9H19N3O. The number of ether oxygens (including phenoxy) is 1. The second-order valence-corrected chi connectivity index (χ2v) is 3.10. The maximum atomic E-state index is 5.14. The third-order valence-electron chi connectivity index (χ3n) is 2.24. The molecule has 76 valence electrons. The van der Waals surface area contributed by atoms with Crippen LogP contribution in [-0.4, -0.2) is 24.3 Å². The highest BCUT2D eigenvalue weighted by molar-refractivity contribution is 5.07. The number of nitrogens with zero attached hydrogens (tertiary/aromatic N) is 1. The highest BCUT2D eigenvalue weighted by atomic mass is 16.5. The van der Waals surface area contributed by atoms with E-state index in [-0.39, 0.29) is 5.54 Å². The molecule has 1 fully saturated rings. The van der Waals surface area contributed by atoms with E-state index >= 15 is 0 Å². The Labute approximate surface area is 79.9 Å². The molecule has 4 heteroatoms. The third kappa shape index (κ3) is 2.14. The monoisotopic (exact) mass is 185 g/mol. The van der Waals surface area contributed by atoms with E-state index in [4.69, 9.17) is 4.74 Å². The first kappa shape index (κ1) is 10.3. The van der Waals surface area contributed by atoms with Crippen molar-refractivity contribution in [3.05, 3.63) is 12.4 Å². The van der Waals surface area contributed by atoms with Crippen LogP contribution in [0.15, 0.2) is 12.4 Å². The Kier molecular flexibility index (Phi) is 3.57. The molecule has 4 nitrogen and oxygen atoms in total. The normalized spacial score (nSPS) is 21.9. The van der Waals surface area contributed by atoms with Crippen LogP contribution in [0.1, 0.15) is 26.7 Å². The zero-order valence-corrected chi connectivity index (χ0v) is 8.63. The molecule has 2 N–H and O–H groups in total. The van der Waals surface area contributed by atoms with Crippen LogP contribution >= 0.6 is 0 Å². The largest absolute Gasteiger partial charge is 0.382 e. The maximum absolute atomic E-state index is 5.14. The van der Waals surface area contributed by atoms with Crippen LogP contribution in [0, 0.1) is 0 Å². The molecule has 0 spiro atoms. The number of hydrogen-bond donors (Lipinski definition) is 2. The van der Waals surface area contributed by atoms with Crippen LogP contribution in [-0.2, 0) is 4.74 Å². The first-order chi connectivity index (χ1) is 6.37. The van der Waals surface area contributed by atoms with E-state index < -0.39 is 0 Å². The molecule has 1 saturated carbocycles. The molecule has 0 aromatic heterocycles. The number of rotatable bonds is 3. The minimum atomic E-state index is 0.231. The predicted octanol–water partition coefficient (Wildman–Crippen LogP) is 0.988. The van der Waals surface area contributed by atoms with Crippen molar-refractivity contribution in [1.29, 1.82) is 0 Å². The minimum Gasteiger partial charge on any atom is -0.382 e. The second kappa shape index (κ2) is 4.48. The third-order valence-corrected chi connectivity index (χ3v) is 2.24. The smallest absolute Gasteiger partial charge is 0.0809 e. The summed E-state index contributed by atoms with van der Waals surface area (Å²) in [6.45, 7) is 4.80. The van der Waals surface area contributed by atoms with Gasteiger partial charge in [0.15, 0.2) is 0 Å². The lowest BCUT2D eigenvalue weighted by Crippen LogP contribution is -2.46. The van der Waals surface area contributed by atoms with Gasteiger partial charge in [-0.1, -0.05) is 13.8 Å². The first-order valence-corrected chi connectivity index (χ1v) is 4.84. The Morgan fingerprint density at radius 2 is 2.15 bits per heavy atom. The van der Waals surface area contributed by atoms with Gasteiger partial charge >= 0.3 is 0 Å². The van der Waals surface area contributed by atoms with E-state index in [1.165, 1.54) is 12.8 Å². The Bertz CT molecular complexity index is 178. The van der Waals surface area contributed by atoms with Gasteiger partial charge in [0.2, 0.25) is 0 Å². The van der Waals surface area contributed by atoms with Crippen molar-refractivity contribution in [1.82, 2.24) is 16.0 Å². The van der Waals surface area contributed by atoms with Gasteiger partial charge in [-0.15, -0.1) is 5.53 Å². The van der Waals surface area contributed by atoms with E-state index in [0.717, 1.165) is 6.61 Å². The fraction of sp³-hybridized carbons (Fsp3) is 0.778. The summed E-state index contributed by atoms with van der Waals surface area (Å²) in [6.07, 6.45) is 6.31. The molecule has 0 radical (unpaired) electrons. The molecule has 13 heavy (non-hydrogen) atoms. The van der Waals surface area contributed by atoms with Gasteiger partial charge in [0.05, 0.1) is 12.1 Å². The zero-order valence-electron chi connectivity index (χ0n) is 8.63. The zero-order chi connectivity index (χ0) is 9.73. The lowest BCUT2D eigenvalue weighted by molar-refractivity contribution is 0.0755. The highest BCUT2D eigenvalue weighted by Crippen LogP contribution is 2.41. The second-order valence-electron chi connectivity index (χ2n) is 3.10. The number of hydrogen-bond acceptors (Lipinski definition) is 4. The van der Waals surface area contributed by atoms with Gasteiger partial charge in [0.25, 0.3) is 0 Å². The summed E-state index contributed by atoms with van der Waals surface area (Å²) in [7, 11) is 1.74. The van der Waals surface area contributed by atoms with E-state index in [0.29, 0.717) is 0 Å². The molecule has 2 aliphatic rings. The SMILES string of the molecule is CC.COCC1(N2C=CNN2)CC1. The summed E-state index contributed by atoms with van der Waals surface area (Å²) in [4.78, 5) is 0. The molecular weight excluding hydrogens is 166 g/mol. The summed E-state index contributed by atoms with van der Waals surface area (Å²) in [5, 5.41) is 2.08. The molecule has 0 amide bonds. The lowest BCUT2D eigenvalue weighted by Gasteiger charge is -2.26. The summed E-state index contributed by atoms with van der Waals surface area (Å²) in [5.41, 5.74) is 6.18. The molecule has 1 aliphatic heterocycles. The van der Waals surface area contributed by atoms with Crippen LogP contribution in [0.3, 0.4) is 0 Å². The van der Waals surface area contributed by atoms with Gasteiger partial charge in [0.1, 0.15) is 0 Å². The molecule has 0 bridgehead atoms. The van der Waals surface area contributed by atoms with E-state index in [2.05, 4.69) is 16.0 Å². The maximum Gasteiger partial charge on any atom is 0.0809 e. The molecule has 0 saturated heterocycles. The van der Waals surface area contributed by atoms with E-state index in [1.807, 2.05) is 26.2 Å². The van der Waals surface area contributed by atoms with Crippen LogP contribution < -0.4 is 11.0 Å². The standard InChI is InChI=1S/C7H13N3O.C2H6/c1-11-6-7(2-3-7)10-5-4-8-9-10;1-2/h4-5,8-9H,2-3,6H2,1H3;1-2H3. The van der Waals surface area contributed by atoms with Crippen molar-refractivity contribution in [2.24, 2.45) is 0 Å². The molecule has 0 atom stereocenters. The minimum absolute atomic E-state index is 0.231. The Morgan fingerprint density at radius 3 is 2.54 bits per heavy atom. The molecule has 2 rings (SSSR count). The first-order valence-electron chi connectivity index (χ1n) is 4.84. The number of methoxy groups -OCH3 is 1. The van der Waals surface area contributed by atoms with Crippen molar-refractivity contribution >= 4 is 0 Å². The summed E-state index contributed by atoms with van der Waals surface area (Å²) < 4.78 is 5.14. The molecule has 1 aliphatic carbocycles. The van der Waals surface area contributed by atoms with Crippen LogP contribution in [0.2, 0.25) is 0 Å². The van der Waals surface area contributed by atoms with Gasteiger partial charge in [0, 0.05) is 19.5 Å². The van der Waals surface area contributed by atoms with Crippen molar-refractivity contribution in [3.63, 3.8) is 0 Å². The van der Waals surface area contributed by atoms with Crippen LogP contribution in [0.5, 0.6) is 0 Å². The topological polar surface area (TPSA) is 36.5 Å². The van der Waals surface area contributed by atoms with Crippen molar-refractivity contribution < 1.29 is 4.74 Å². The predicted molar refractivity (Wildman–Crippen MR) is 52.4 cm³/mol. The quantitative estimate of drug-likeness (QED) is 0.687. The van der Waals surface area contributed by atoms with Gasteiger partial charge in [-0.05, 0) is 12.8 Å². The summed E-state index contributed by atoms with van der Waals surface area (Å²) >= 11 is 0. The Hall–Kier alpha value is -0.740. The Balaban J connectivity index is 0.000000396. The number of nitrogens with one attached hydrogen (secondary N) is 2. The number of hydrazine groups is 2. The van der Waals surface area contributed by atoms with Gasteiger partial charge < -0.3 is 10.2 Å². The van der Waals surface area contributed by atoms with Gasteiger partial charge in [-0.3, -0.25) is 5.01 Å². The molecule has 0 aromatic rings. The highest BCUT2D eigenvalue weighted by Gasteiger charge is 2.48. The molecule has 1 heterocycles. The van der Waals surface area contributed by atoms with Crippen molar-refractivity contribution in [2.45, 2.75) is 32.2 Å². The fourth-order valence-corrected chi connectivity index (χ4v) is 1.40. The van der Waals surface area contributed by atoms with Gasteiger partial charge in [-0.2, -0.15) is 0 Å². The van der Waals surface area contributed by atoms with Gasteiger partial charge in [-0.25, -0.2) is 0 Å². The summed E-state index contributed by atoms with van der Waals surface area (Å²) in [5.74, 6) is 0. The van der Waals surface area contributed by atoms with Crippen molar-refractivity contribution in [3.8, 4) is 0 Å². The van der Waals surface area contributed by atoms with Crippen LogP contribution in [0.4, 0.5) is 0 Å². The fourth-order valence-electron chi connectivity index (χ4n) is 1.40. The average molecular weight is 185 g/mol. The summed E-state index contributed by atoms with van der Waals surface area (Å²) in [6, 6.07) is 0. The Morgan fingerprint density at radius 1 is 1.46 bits per heavy atom. The lowest BCUT2D eigenvalue weighted by atomic mass is 10.3.